The molecule has 0 atom stereocenters. The summed E-state index contributed by atoms with van der Waals surface area (Å²) in [5.74, 6) is 0.711. The van der Waals surface area contributed by atoms with Gasteiger partial charge in [-0.15, -0.1) is 11.3 Å². The number of nitrogens with zero attached hydrogens (tertiary/aromatic N) is 5. The highest BCUT2D eigenvalue weighted by molar-refractivity contribution is 7.18. The molecule has 0 aromatic carbocycles. The van der Waals surface area contributed by atoms with Crippen molar-refractivity contribution in [3.63, 3.8) is 0 Å². The third-order valence-electron chi connectivity index (χ3n) is 3.74. The van der Waals surface area contributed by atoms with Crippen molar-refractivity contribution in [1.82, 2.24) is 19.9 Å². The molecule has 3 heterocycles. The van der Waals surface area contributed by atoms with Crippen molar-refractivity contribution in [3.05, 3.63) is 46.9 Å². The van der Waals surface area contributed by atoms with Crippen LogP contribution in [0.2, 0.25) is 0 Å². The molecule has 0 amide bonds. The van der Waals surface area contributed by atoms with Crippen LogP contribution < -0.4 is 5.43 Å². The Hall–Kier alpha value is -2.38. The average Bonchev–Trinajstić information content (AvgIpc) is 3.00. The molecule has 7 heteroatoms. The lowest BCUT2D eigenvalue weighted by molar-refractivity contribution is 0.397. The zero-order valence-corrected chi connectivity index (χ0v) is 16.6. The van der Waals surface area contributed by atoms with Gasteiger partial charge in [0, 0.05) is 11.4 Å². The summed E-state index contributed by atoms with van der Waals surface area (Å²) >= 11 is 1.70. The number of hydrogen-bond donors (Lipinski definition) is 1. The summed E-state index contributed by atoms with van der Waals surface area (Å²) in [7, 11) is 4.05. The number of aromatic nitrogens is 3. The summed E-state index contributed by atoms with van der Waals surface area (Å²) in [6.45, 7) is 7.39. The quantitative estimate of drug-likeness (QED) is 0.547. The van der Waals surface area contributed by atoms with Gasteiger partial charge in [-0.3, -0.25) is 10.4 Å². The second kappa shape index (κ2) is 7.47. The van der Waals surface area contributed by atoms with E-state index in [1.165, 1.54) is 4.88 Å². The highest BCUT2D eigenvalue weighted by Crippen LogP contribution is 2.35. The number of nitrogens with one attached hydrogen (secondary N) is 1. The van der Waals surface area contributed by atoms with Crippen molar-refractivity contribution in [2.45, 2.75) is 32.7 Å². The predicted octanol–water partition coefficient (Wildman–Crippen LogP) is 3.89. The molecule has 0 saturated heterocycles. The molecule has 136 valence electrons. The molecule has 3 rings (SSSR count). The van der Waals surface area contributed by atoms with E-state index in [0.29, 0.717) is 5.82 Å². The standard InChI is InChI=1S/C19H24N6S/c1-19(2,3)16-9-15-17(20-12-21-18(15)26-16)24-22-10-13-7-6-8-14(23-13)11-25(4)5/h6-10,12H,11H2,1-5H3,(H,20,21,24). The van der Waals surface area contributed by atoms with Crippen molar-refractivity contribution >= 4 is 33.6 Å². The van der Waals surface area contributed by atoms with Crippen molar-refractivity contribution in [2.75, 3.05) is 19.5 Å². The second-order valence-corrected chi connectivity index (χ2v) is 8.49. The maximum Gasteiger partial charge on any atom is 0.158 e. The molecule has 0 aliphatic rings. The molecular formula is C19H24N6S. The molecule has 26 heavy (non-hydrogen) atoms. The van der Waals surface area contributed by atoms with Gasteiger partial charge < -0.3 is 4.90 Å². The smallest absolute Gasteiger partial charge is 0.158 e. The Morgan fingerprint density at radius 3 is 2.77 bits per heavy atom. The molecule has 3 aromatic rings. The second-order valence-electron chi connectivity index (χ2n) is 7.46. The number of thiophene rings is 1. The van der Waals surface area contributed by atoms with Gasteiger partial charge in [0.1, 0.15) is 11.2 Å². The fourth-order valence-corrected chi connectivity index (χ4v) is 3.51. The van der Waals surface area contributed by atoms with Crippen LogP contribution in [0.5, 0.6) is 0 Å². The minimum atomic E-state index is 0.0860. The summed E-state index contributed by atoms with van der Waals surface area (Å²) in [6, 6.07) is 8.08. The topological polar surface area (TPSA) is 66.3 Å². The van der Waals surface area contributed by atoms with E-state index < -0.39 is 0 Å². The predicted molar refractivity (Wildman–Crippen MR) is 109 cm³/mol. The minimum absolute atomic E-state index is 0.0860. The van der Waals surface area contributed by atoms with Crippen LogP contribution in [0.1, 0.15) is 37.0 Å². The fraction of sp³-hybridized carbons (Fsp3) is 0.368. The Balaban J connectivity index is 1.79. The summed E-state index contributed by atoms with van der Waals surface area (Å²) in [6.07, 6.45) is 3.28. The Labute approximate surface area is 158 Å². The van der Waals surface area contributed by atoms with E-state index in [9.17, 15) is 0 Å². The summed E-state index contributed by atoms with van der Waals surface area (Å²) in [5.41, 5.74) is 4.94. The SMILES string of the molecule is CN(C)Cc1cccc(C=NNc2ncnc3sc(C(C)(C)C)cc23)n1. The van der Waals surface area contributed by atoms with Gasteiger partial charge in [-0.2, -0.15) is 5.10 Å². The lowest BCUT2D eigenvalue weighted by Gasteiger charge is -2.14. The fourth-order valence-electron chi connectivity index (χ4n) is 2.46. The van der Waals surface area contributed by atoms with Crippen LogP contribution in [0.25, 0.3) is 10.2 Å². The van der Waals surface area contributed by atoms with Gasteiger partial charge in [-0.05, 0) is 37.7 Å². The number of fused-ring (bicyclic) bond motifs is 1. The Morgan fingerprint density at radius 2 is 2.04 bits per heavy atom. The van der Waals surface area contributed by atoms with Gasteiger partial charge in [-0.25, -0.2) is 9.97 Å². The van der Waals surface area contributed by atoms with Crippen LogP contribution in [0.4, 0.5) is 5.82 Å². The van der Waals surface area contributed by atoms with E-state index in [4.69, 9.17) is 0 Å². The number of hydrogen-bond acceptors (Lipinski definition) is 7. The normalized spacial score (nSPS) is 12.4. The lowest BCUT2D eigenvalue weighted by atomic mass is 9.94. The molecule has 0 radical (unpaired) electrons. The monoisotopic (exact) mass is 368 g/mol. The van der Waals surface area contributed by atoms with Crippen LogP contribution in [0.15, 0.2) is 35.7 Å². The molecule has 0 bridgehead atoms. The first-order valence-electron chi connectivity index (χ1n) is 8.48. The molecule has 3 aromatic heterocycles. The molecule has 6 nitrogen and oxygen atoms in total. The van der Waals surface area contributed by atoms with Crippen LogP contribution in [0.3, 0.4) is 0 Å². The van der Waals surface area contributed by atoms with Crippen LogP contribution in [0, 0.1) is 0 Å². The van der Waals surface area contributed by atoms with Crippen LogP contribution in [-0.2, 0) is 12.0 Å². The van der Waals surface area contributed by atoms with Gasteiger partial charge in [-0.1, -0.05) is 26.8 Å². The van der Waals surface area contributed by atoms with E-state index in [2.05, 4.69) is 57.2 Å². The third-order valence-corrected chi connectivity index (χ3v) is 5.21. The van der Waals surface area contributed by atoms with Gasteiger partial charge in [0.15, 0.2) is 5.82 Å². The van der Waals surface area contributed by atoms with Gasteiger partial charge in [0.05, 0.1) is 23.0 Å². The number of hydrazone groups is 1. The van der Waals surface area contributed by atoms with Gasteiger partial charge >= 0.3 is 0 Å². The molecule has 0 aliphatic carbocycles. The zero-order chi connectivity index (χ0) is 18.7. The molecule has 0 saturated carbocycles. The molecule has 0 aliphatic heterocycles. The van der Waals surface area contributed by atoms with Crippen molar-refractivity contribution in [2.24, 2.45) is 5.10 Å². The highest BCUT2D eigenvalue weighted by Gasteiger charge is 2.18. The summed E-state index contributed by atoms with van der Waals surface area (Å²) in [4.78, 5) is 17.6. The average molecular weight is 369 g/mol. The molecule has 0 fully saturated rings. The minimum Gasteiger partial charge on any atom is -0.304 e. The molecule has 0 unspecified atom stereocenters. The third kappa shape index (κ3) is 4.42. The van der Waals surface area contributed by atoms with E-state index >= 15 is 0 Å². The molecule has 0 spiro atoms. The number of rotatable bonds is 5. The van der Waals surface area contributed by atoms with E-state index in [-0.39, 0.29) is 5.41 Å². The maximum atomic E-state index is 4.58. The number of anilines is 1. The van der Waals surface area contributed by atoms with Crippen molar-refractivity contribution in [1.29, 1.82) is 0 Å². The first-order valence-corrected chi connectivity index (χ1v) is 9.29. The van der Waals surface area contributed by atoms with Crippen LogP contribution >= 0.6 is 11.3 Å². The van der Waals surface area contributed by atoms with E-state index in [0.717, 1.165) is 28.1 Å². The lowest BCUT2D eigenvalue weighted by Crippen LogP contribution is -2.12. The Kier molecular flexibility index (Phi) is 5.29. The first-order chi connectivity index (χ1) is 12.3. The van der Waals surface area contributed by atoms with Crippen molar-refractivity contribution < 1.29 is 0 Å². The maximum absolute atomic E-state index is 4.58. The van der Waals surface area contributed by atoms with Crippen LogP contribution in [-0.4, -0.2) is 40.2 Å². The summed E-state index contributed by atoms with van der Waals surface area (Å²) < 4.78 is 0. The highest BCUT2D eigenvalue weighted by atomic mass is 32.1. The largest absolute Gasteiger partial charge is 0.304 e. The van der Waals surface area contributed by atoms with Gasteiger partial charge in [0.25, 0.3) is 0 Å². The van der Waals surface area contributed by atoms with Gasteiger partial charge in [0.2, 0.25) is 0 Å². The van der Waals surface area contributed by atoms with Crippen molar-refractivity contribution in [3.8, 4) is 0 Å². The number of pyridine rings is 1. The Bertz CT molecular complexity index is 923. The zero-order valence-electron chi connectivity index (χ0n) is 15.8. The van der Waals surface area contributed by atoms with E-state index in [1.54, 1.807) is 23.9 Å². The summed E-state index contributed by atoms with van der Waals surface area (Å²) in [5, 5.41) is 5.31. The van der Waals surface area contributed by atoms with E-state index in [1.807, 2.05) is 32.3 Å². The molecule has 1 N–H and O–H groups in total. The Morgan fingerprint density at radius 1 is 1.23 bits per heavy atom. The molecular weight excluding hydrogens is 344 g/mol. The first kappa shape index (κ1) is 18.4.